The van der Waals surface area contributed by atoms with Crippen LogP contribution in [0.25, 0.3) is 10.2 Å². The molecule has 0 spiro atoms. The SMILES string of the molecule is C[C@@H](c1nc2ccccc2s1)N(C)CC(=O)N[C@@H](c1ccccc1)c1cccs1. The number of thiazole rings is 1. The first-order chi connectivity index (χ1) is 14.1. The molecule has 2 aromatic carbocycles. The average molecular weight is 422 g/mol. The lowest BCUT2D eigenvalue weighted by Gasteiger charge is -2.24. The molecule has 148 valence electrons. The predicted molar refractivity (Wildman–Crippen MR) is 121 cm³/mol. The zero-order chi connectivity index (χ0) is 20.2. The fourth-order valence-corrected chi connectivity index (χ4v) is 5.13. The molecule has 0 unspecified atom stereocenters. The van der Waals surface area contributed by atoms with Gasteiger partial charge in [-0.25, -0.2) is 4.98 Å². The normalized spacial score (nSPS) is 13.5. The lowest BCUT2D eigenvalue weighted by Crippen LogP contribution is -2.38. The second-order valence-corrected chi connectivity index (χ2v) is 9.08. The van der Waals surface area contributed by atoms with E-state index < -0.39 is 0 Å². The van der Waals surface area contributed by atoms with Gasteiger partial charge in [0.05, 0.1) is 28.8 Å². The van der Waals surface area contributed by atoms with Crippen molar-refractivity contribution in [2.24, 2.45) is 0 Å². The molecule has 1 amide bonds. The van der Waals surface area contributed by atoms with Crippen LogP contribution in [-0.4, -0.2) is 29.4 Å². The number of aromatic nitrogens is 1. The third kappa shape index (κ3) is 4.56. The molecular formula is C23H23N3OS2. The van der Waals surface area contributed by atoms with Crippen molar-refractivity contribution in [1.82, 2.24) is 15.2 Å². The average Bonchev–Trinajstić information content (AvgIpc) is 3.41. The van der Waals surface area contributed by atoms with Crippen LogP contribution in [0.3, 0.4) is 0 Å². The molecule has 0 saturated heterocycles. The second kappa shape index (κ2) is 8.86. The number of nitrogens with zero attached hydrogens (tertiary/aromatic N) is 2. The van der Waals surface area contributed by atoms with Crippen LogP contribution in [0.2, 0.25) is 0 Å². The lowest BCUT2D eigenvalue weighted by atomic mass is 10.1. The van der Waals surface area contributed by atoms with Crippen LogP contribution in [0, 0.1) is 0 Å². The van der Waals surface area contributed by atoms with E-state index in [0.29, 0.717) is 6.54 Å². The third-order valence-corrected chi connectivity index (χ3v) is 7.13. The van der Waals surface area contributed by atoms with Gasteiger partial charge >= 0.3 is 0 Å². The van der Waals surface area contributed by atoms with Crippen molar-refractivity contribution in [3.8, 4) is 0 Å². The summed E-state index contributed by atoms with van der Waals surface area (Å²) in [6.07, 6.45) is 0. The first-order valence-electron chi connectivity index (χ1n) is 9.55. The maximum atomic E-state index is 12.9. The number of fused-ring (bicyclic) bond motifs is 1. The van der Waals surface area contributed by atoms with Crippen molar-refractivity contribution in [1.29, 1.82) is 0 Å². The van der Waals surface area contributed by atoms with Crippen molar-refractivity contribution in [2.75, 3.05) is 13.6 Å². The van der Waals surface area contributed by atoms with Crippen LogP contribution in [0.5, 0.6) is 0 Å². The van der Waals surface area contributed by atoms with Crippen LogP contribution in [0.4, 0.5) is 0 Å². The molecule has 2 atom stereocenters. The minimum Gasteiger partial charge on any atom is -0.343 e. The Morgan fingerprint density at radius 1 is 1.07 bits per heavy atom. The number of likely N-dealkylation sites (N-methyl/N-ethyl adjacent to an activating group) is 1. The summed E-state index contributed by atoms with van der Waals surface area (Å²) in [5.74, 6) is 0.00251. The molecule has 0 radical (unpaired) electrons. The molecule has 4 rings (SSSR count). The van der Waals surface area contributed by atoms with Gasteiger partial charge in [-0.15, -0.1) is 22.7 Å². The minimum atomic E-state index is -0.130. The second-order valence-electron chi connectivity index (χ2n) is 7.04. The van der Waals surface area contributed by atoms with Crippen LogP contribution in [0.1, 0.15) is 34.5 Å². The summed E-state index contributed by atoms with van der Waals surface area (Å²) in [4.78, 5) is 20.8. The Kier molecular flexibility index (Phi) is 6.04. The molecule has 0 bridgehead atoms. The number of hydrogen-bond donors (Lipinski definition) is 1. The number of benzene rings is 2. The van der Waals surface area contributed by atoms with Gasteiger partial charge in [-0.1, -0.05) is 48.5 Å². The molecule has 29 heavy (non-hydrogen) atoms. The van der Waals surface area contributed by atoms with Crippen molar-refractivity contribution >= 4 is 38.8 Å². The molecule has 0 saturated carbocycles. The monoisotopic (exact) mass is 421 g/mol. The summed E-state index contributed by atoms with van der Waals surface area (Å²) < 4.78 is 1.18. The molecule has 2 aromatic heterocycles. The summed E-state index contributed by atoms with van der Waals surface area (Å²) >= 11 is 3.34. The standard InChI is InChI=1S/C23H23N3OS2/c1-16(23-24-18-11-6-7-12-19(18)29-23)26(2)15-21(27)25-22(20-13-8-14-28-20)17-9-4-3-5-10-17/h3-14,16,22H,15H2,1-2H3,(H,25,27)/t16-,22-/m0/s1. The summed E-state index contributed by atoms with van der Waals surface area (Å²) in [5.41, 5.74) is 2.10. The van der Waals surface area contributed by atoms with E-state index in [1.165, 1.54) is 4.70 Å². The Morgan fingerprint density at radius 2 is 1.83 bits per heavy atom. The van der Waals surface area contributed by atoms with Gasteiger partial charge in [-0.3, -0.25) is 9.69 Å². The van der Waals surface area contributed by atoms with Gasteiger partial charge in [-0.05, 0) is 43.1 Å². The van der Waals surface area contributed by atoms with Gasteiger partial charge in [0.25, 0.3) is 0 Å². The van der Waals surface area contributed by atoms with E-state index in [1.807, 2.05) is 59.8 Å². The van der Waals surface area contributed by atoms with E-state index in [-0.39, 0.29) is 18.0 Å². The third-order valence-electron chi connectivity index (χ3n) is 4.99. The first kappa shape index (κ1) is 19.8. The highest BCUT2D eigenvalue weighted by molar-refractivity contribution is 7.18. The Labute approximate surface area is 178 Å². The summed E-state index contributed by atoms with van der Waals surface area (Å²) in [6.45, 7) is 2.41. The van der Waals surface area contributed by atoms with E-state index in [2.05, 4.69) is 36.5 Å². The quantitative estimate of drug-likeness (QED) is 0.443. The highest BCUT2D eigenvalue weighted by Crippen LogP contribution is 2.29. The van der Waals surface area contributed by atoms with Crippen LogP contribution < -0.4 is 5.32 Å². The van der Waals surface area contributed by atoms with Crippen LogP contribution in [-0.2, 0) is 4.79 Å². The minimum absolute atomic E-state index is 0.00251. The largest absolute Gasteiger partial charge is 0.343 e. The van der Waals surface area contributed by atoms with E-state index in [4.69, 9.17) is 4.98 Å². The number of thiophene rings is 1. The maximum Gasteiger partial charge on any atom is 0.234 e. The van der Waals surface area contributed by atoms with Crippen LogP contribution >= 0.6 is 22.7 Å². The molecule has 6 heteroatoms. The summed E-state index contributed by atoms with van der Waals surface area (Å²) in [5, 5.41) is 6.28. The Balaban J connectivity index is 1.46. The lowest BCUT2D eigenvalue weighted by molar-refractivity contribution is -0.122. The van der Waals surface area contributed by atoms with Gasteiger partial charge in [0.2, 0.25) is 5.91 Å². The van der Waals surface area contributed by atoms with Gasteiger partial charge < -0.3 is 5.32 Å². The highest BCUT2D eigenvalue weighted by Gasteiger charge is 2.22. The van der Waals surface area contributed by atoms with E-state index in [1.54, 1.807) is 22.7 Å². The fourth-order valence-electron chi connectivity index (χ4n) is 3.25. The van der Waals surface area contributed by atoms with E-state index in [9.17, 15) is 4.79 Å². The number of nitrogens with one attached hydrogen (secondary N) is 1. The highest BCUT2D eigenvalue weighted by atomic mass is 32.1. The van der Waals surface area contributed by atoms with Gasteiger partial charge in [-0.2, -0.15) is 0 Å². The molecule has 0 fully saturated rings. The Hall–Kier alpha value is -2.54. The zero-order valence-electron chi connectivity index (χ0n) is 16.4. The predicted octanol–water partition coefficient (Wildman–Crippen LogP) is 5.26. The molecule has 0 aliphatic heterocycles. The number of carbonyl (C=O) groups is 1. The molecule has 0 aliphatic rings. The number of hydrogen-bond acceptors (Lipinski definition) is 5. The van der Waals surface area contributed by atoms with Crippen molar-refractivity contribution < 1.29 is 4.79 Å². The van der Waals surface area contributed by atoms with Crippen molar-refractivity contribution in [2.45, 2.75) is 19.0 Å². The number of amides is 1. The first-order valence-corrected chi connectivity index (χ1v) is 11.2. The maximum absolute atomic E-state index is 12.9. The smallest absolute Gasteiger partial charge is 0.234 e. The van der Waals surface area contributed by atoms with E-state index in [0.717, 1.165) is 21.0 Å². The van der Waals surface area contributed by atoms with Crippen LogP contribution in [0.15, 0.2) is 72.1 Å². The van der Waals surface area contributed by atoms with Crippen molar-refractivity contribution in [3.63, 3.8) is 0 Å². The zero-order valence-corrected chi connectivity index (χ0v) is 18.0. The topological polar surface area (TPSA) is 45.2 Å². The molecule has 4 aromatic rings. The molecular weight excluding hydrogens is 398 g/mol. The van der Waals surface area contributed by atoms with Gasteiger partial charge in [0.15, 0.2) is 0 Å². The van der Waals surface area contributed by atoms with Gasteiger partial charge in [0, 0.05) is 4.88 Å². The van der Waals surface area contributed by atoms with Crippen molar-refractivity contribution in [3.05, 3.63) is 87.6 Å². The van der Waals surface area contributed by atoms with E-state index >= 15 is 0 Å². The molecule has 1 N–H and O–H groups in total. The Morgan fingerprint density at radius 3 is 2.55 bits per heavy atom. The number of rotatable bonds is 7. The molecule has 0 aliphatic carbocycles. The number of para-hydroxylation sites is 1. The fraction of sp³-hybridized carbons (Fsp3) is 0.217. The van der Waals surface area contributed by atoms with Gasteiger partial charge in [0.1, 0.15) is 5.01 Å². The molecule has 4 nitrogen and oxygen atoms in total. The number of carbonyl (C=O) groups excluding carboxylic acids is 1. The summed E-state index contributed by atoms with van der Waals surface area (Å²) in [7, 11) is 1.97. The molecule has 2 heterocycles. The summed E-state index contributed by atoms with van der Waals surface area (Å²) in [6, 6.07) is 22.3. The Bertz CT molecular complexity index is 1040.